The molecular formula is C25H27ClN4O4. The first kappa shape index (κ1) is 23.8. The zero-order chi connectivity index (χ0) is 23.9. The fourth-order valence-electron chi connectivity index (χ4n) is 4.02. The van der Waals surface area contributed by atoms with Crippen molar-refractivity contribution in [2.24, 2.45) is 0 Å². The molecule has 2 aromatic heterocycles. The molecule has 3 aromatic rings. The van der Waals surface area contributed by atoms with Crippen LogP contribution < -0.4 is 10.6 Å². The summed E-state index contributed by atoms with van der Waals surface area (Å²) in [5.41, 5.74) is 0.801. The molecule has 0 spiro atoms. The summed E-state index contributed by atoms with van der Waals surface area (Å²) in [6.07, 6.45) is 6.66. The molecule has 1 aromatic carbocycles. The number of hydrogen-bond donors (Lipinski definition) is 2. The van der Waals surface area contributed by atoms with E-state index in [4.69, 9.17) is 16.0 Å². The molecule has 0 aliphatic carbocycles. The second kappa shape index (κ2) is 11.2. The number of piperidine rings is 1. The zero-order valence-corrected chi connectivity index (χ0v) is 19.6. The van der Waals surface area contributed by atoms with Crippen molar-refractivity contribution in [3.8, 4) is 0 Å². The Kier molecular flexibility index (Phi) is 7.80. The van der Waals surface area contributed by atoms with Gasteiger partial charge in [-0.3, -0.25) is 14.4 Å². The van der Waals surface area contributed by atoms with Crippen molar-refractivity contribution in [1.29, 1.82) is 0 Å². The number of halogens is 1. The van der Waals surface area contributed by atoms with Gasteiger partial charge in [0.05, 0.1) is 5.02 Å². The second-order valence-electron chi connectivity index (χ2n) is 8.31. The first-order valence-corrected chi connectivity index (χ1v) is 11.9. The number of amides is 3. The quantitative estimate of drug-likeness (QED) is 0.427. The first-order chi connectivity index (χ1) is 16.5. The van der Waals surface area contributed by atoms with Crippen molar-refractivity contribution in [2.75, 3.05) is 23.7 Å². The zero-order valence-electron chi connectivity index (χ0n) is 18.8. The minimum Gasteiger partial charge on any atom is -0.449 e. The van der Waals surface area contributed by atoms with Crippen LogP contribution in [0.1, 0.15) is 55.5 Å². The van der Waals surface area contributed by atoms with E-state index in [-0.39, 0.29) is 24.0 Å². The molecule has 0 radical (unpaired) electrons. The highest BCUT2D eigenvalue weighted by atomic mass is 35.5. The lowest BCUT2D eigenvalue weighted by molar-refractivity contribution is -0.132. The van der Waals surface area contributed by atoms with Gasteiger partial charge < -0.3 is 20.0 Å². The fraction of sp³-hybridized carbons (Fsp3) is 0.360. The molecule has 1 aliphatic heterocycles. The minimum atomic E-state index is -0.534. The number of carbonyl (C=O) groups is 3. The summed E-state index contributed by atoms with van der Waals surface area (Å²) in [6.45, 7) is 1.67. The van der Waals surface area contributed by atoms with Crippen LogP contribution in [0.3, 0.4) is 0 Å². The highest BCUT2D eigenvalue weighted by Gasteiger charge is 2.23. The molecule has 1 fully saturated rings. The Morgan fingerprint density at radius 3 is 2.50 bits per heavy atom. The van der Waals surface area contributed by atoms with Crippen LogP contribution >= 0.6 is 11.6 Å². The van der Waals surface area contributed by atoms with E-state index in [2.05, 4.69) is 15.6 Å². The molecule has 34 heavy (non-hydrogen) atoms. The van der Waals surface area contributed by atoms with Gasteiger partial charge in [-0.2, -0.15) is 0 Å². The average molecular weight is 483 g/mol. The van der Waals surface area contributed by atoms with Crippen molar-refractivity contribution in [3.63, 3.8) is 0 Å². The van der Waals surface area contributed by atoms with Crippen molar-refractivity contribution < 1.29 is 18.8 Å². The molecule has 2 N–H and O–H groups in total. The molecule has 8 nitrogen and oxygen atoms in total. The number of fused-ring (bicyclic) bond motifs is 1. The first-order valence-electron chi connectivity index (χ1n) is 11.5. The number of furan rings is 1. The molecule has 3 heterocycles. The van der Waals surface area contributed by atoms with Gasteiger partial charge in [-0.05, 0) is 56.4 Å². The van der Waals surface area contributed by atoms with Crippen LogP contribution in [0.4, 0.5) is 11.5 Å². The van der Waals surface area contributed by atoms with E-state index in [1.54, 1.807) is 30.3 Å². The smallest absolute Gasteiger partial charge is 0.294 e. The molecule has 1 saturated heterocycles. The lowest BCUT2D eigenvalue weighted by Gasteiger charge is -2.26. The van der Waals surface area contributed by atoms with Gasteiger partial charge in [0, 0.05) is 37.5 Å². The summed E-state index contributed by atoms with van der Waals surface area (Å²) in [5, 5.41) is 6.57. The highest BCUT2D eigenvalue weighted by molar-refractivity contribution is 6.30. The Morgan fingerprint density at radius 1 is 0.971 bits per heavy atom. The van der Waals surface area contributed by atoms with Crippen LogP contribution in [0, 0.1) is 0 Å². The standard InChI is InChI=1S/C25H27ClN4O4/c26-17-12-13-20(27-16-17)28-25(33)24-23(18-8-2-3-9-19(18)34-24)29-21(31)10-4-5-11-22(32)30-14-6-1-7-15-30/h2-3,8-9,12-13,16H,1,4-7,10-11,14-15H2,(H,29,31)(H,27,28,33). The number of para-hydroxylation sites is 1. The van der Waals surface area contributed by atoms with E-state index in [0.29, 0.717) is 46.8 Å². The number of nitrogens with one attached hydrogen (secondary N) is 2. The maximum atomic E-state index is 12.9. The number of rotatable bonds is 8. The fourth-order valence-corrected chi connectivity index (χ4v) is 4.13. The number of anilines is 2. The summed E-state index contributed by atoms with van der Waals surface area (Å²) >= 11 is 5.85. The number of hydrogen-bond acceptors (Lipinski definition) is 5. The SMILES string of the molecule is O=C(CCCCC(=O)N1CCCCC1)Nc1c(C(=O)Nc2ccc(Cl)cn2)oc2ccccc12. The van der Waals surface area contributed by atoms with E-state index < -0.39 is 5.91 Å². The van der Waals surface area contributed by atoms with Crippen molar-refractivity contribution in [2.45, 2.75) is 44.9 Å². The average Bonchev–Trinajstić information content (AvgIpc) is 3.22. The topological polar surface area (TPSA) is 105 Å². The summed E-state index contributed by atoms with van der Waals surface area (Å²) in [5.74, 6) is -0.308. The minimum absolute atomic E-state index is 0.00780. The van der Waals surface area contributed by atoms with Gasteiger partial charge in [-0.1, -0.05) is 23.7 Å². The highest BCUT2D eigenvalue weighted by Crippen LogP contribution is 2.31. The van der Waals surface area contributed by atoms with Crippen molar-refractivity contribution in [1.82, 2.24) is 9.88 Å². The normalized spacial score (nSPS) is 13.6. The van der Waals surface area contributed by atoms with E-state index in [0.717, 1.165) is 25.9 Å². The Labute approximate surface area is 202 Å². The molecule has 0 saturated carbocycles. The van der Waals surface area contributed by atoms with Crippen LogP contribution in [-0.4, -0.2) is 40.7 Å². The van der Waals surface area contributed by atoms with Crippen LogP contribution in [0.2, 0.25) is 5.02 Å². The number of pyridine rings is 1. The third kappa shape index (κ3) is 5.94. The van der Waals surface area contributed by atoms with Crippen LogP contribution in [0.25, 0.3) is 11.0 Å². The van der Waals surface area contributed by atoms with E-state index in [1.165, 1.54) is 12.6 Å². The Hall–Kier alpha value is -3.39. The third-order valence-electron chi connectivity index (χ3n) is 5.79. The van der Waals surface area contributed by atoms with Gasteiger partial charge in [-0.25, -0.2) is 4.98 Å². The lowest BCUT2D eigenvalue weighted by Crippen LogP contribution is -2.35. The van der Waals surface area contributed by atoms with Crippen molar-refractivity contribution in [3.05, 3.63) is 53.4 Å². The maximum Gasteiger partial charge on any atom is 0.294 e. The molecule has 3 amide bonds. The van der Waals surface area contributed by atoms with E-state index in [9.17, 15) is 14.4 Å². The number of likely N-dealkylation sites (tertiary alicyclic amines) is 1. The molecule has 9 heteroatoms. The summed E-state index contributed by atoms with van der Waals surface area (Å²) < 4.78 is 5.75. The van der Waals surface area contributed by atoms with Gasteiger partial charge in [0.1, 0.15) is 17.1 Å². The number of aromatic nitrogens is 1. The number of carbonyl (C=O) groups excluding carboxylic acids is 3. The summed E-state index contributed by atoms with van der Waals surface area (Å²) in [4.78, 5) is 43.8. The predicted octanol–water partition coefficient (Wildman–Crippen LogP) is 5.24. The maximum absolute atomic E-state index is 12.9. The molecular weight excluding hydrogens is 456 g/mol. The molecule has 0 atom stereocenters. The summed E-state index contributed by atoms with van der Waals surface area (Å²) in [6, 6.07) is 10.3. The second-order valence-corrected chi connectivity index (χ2v) is 8.75. The largest absolute Gasteiger partial charge is 0.449 e. The van der Waals surface area contributed by atoms with Crippen LogP contribution in [-0.2, 0) is 9.59 Å². The van der Waals surface area contributed by atoms with Crippen LogP contribution in [0.5, 0.6) is 0 Å². The molecule has 178 valence electrons. The number of benzene rings is 1. The van der Waals surface area contributed by atoms with Crippen LogP contribution in [0.15, 0.2) is 47.0 Å². The number of nitrogens with zero attached hydrogens (tertiary/aromatic N) is 2. The molecule has 4 rings (SSSR count). The Balaban J connectivity index is 1.37. The predicted molar refractivity (Wildman–Crippen MR) is 131 cm³/mol. The van der Waals surface area contributed by atoms with Gasteiger partial charge in [0.2, 0.25) is 17.6 Å². The molecule has 0 unspecified atom stereocenters. The monoisotopic (exact) mass is 482 g/mol. The molecule has 1 aliphatic rings. The Morgan fingerprint density at radius 2 is 1.74 bits per heavy atom. The van der Waals surface area contributed by atoms with Gasteiger partial charge in [0.25, 0.3) is 5.91 Å². The number of unbranched alkanes of at least 4 members (excludes halogenated alkanes) is 1. The van der Waals surface area contributed by atoms with E-state index in [1.807, 2.05) is 11.0 Å². The van der Waals surface area contributed by atoms with Crippen molar-refractivity contribution >= 4 is 51.8 Å². The van der Waals surface area contributed by atoms with Gasteiger partial charge in [-0.15, -0.1) is 0 Å². The van der Waals surface area contributed by atoms with E-state index >= 15 is 0 Å². The summed E-state index contributed by atoms with van der Waals surface area (Å²) in [7, 11) is 0. The van der Waals surface area contributed by atoms with Gasteiger partial charge >= 0.3 is 0 Å². The lowest BCUT2D eigenvalue weighted by atomic mass is 10.1. The molecule has 0 bridgehead atoms. The third-order valence-corrected chi connectivity index (χ3v) is 6.01. The van der Waals surface area contributed by atoms with Gasteiger partial charge in [0.15, 0.2) is 0 Å². The Bertz CT molecular complexity index is 1170.